The minimum absolute atomic E-state index is 0.000239. The molecule has 0 spiro atoms. The molecule has 2 aromatic rings. The molecule has 0 amide bonds. The van der Waals surface area contributed by atoms with Gasteiger partial charge >= 0.3 is 23.9 Å². The van der Waals surface area contributed by atoms with Gasteiger partial charge in [-0.05, 0) is 108 Å². The third kappa shape index (κ3) is 12.7. The highest BCUT2D eigenvalue weighted by Gasteiger charge is 2.42. The lowest BCUT2D eigenvalue weighted by atomic mass is 9.83. The van der Waals surface area contributed by atoms with E-state index in [9.17, 15) is 19.2 Å². The second kappa shape index (κ2) is 19.8. The summed E-state index contributed by atoms with van der Waals surface area (Å²) in [6, 6.07) is 6.93. The van der Waals surface area contributed by atoms with E-state index < -0.39 is 48.3 Å². The van der Waals surface area contributed by atoms with Crippen LogP contribution in [0.25, 0.3) is 10.8 Å². The van der Waals surface area contributed by atoms with Crippen molar-refractivity contribution < 1.29 is 38.1 Å². The Balaban J connectivity index is 1.47. The van der Waals surface area contributed by atoms with E-state index in [4.69, 9.17) is 18.9 Å². The molecule has 8 atom stereocenters. The fourth-order valence-corrected chi connectivity index (χ4v) is 11.3. The first-order chi connectivity index (χ1) is 30.5. The number of fused-ring (bicyclic) bond motifs is 1. The lowest BCUT2D eigenvalue weighted by molar-refractivity contribution is -0.00396. The van der Waals surface area contributed by atoms with Crippen molar-refractivity contribution in [2.75, 3.05) is 0 Å². The highest BCUT2D eigenvalue weighted by atomic mass is 16.6. The van der Waals surface area contributed by atoms with Gasteiger partial charge in [0.2, 0.25) is 0 Å². The summed E-state index contributed by atoms with van der Waals surface area (Å²) >= 11 is 0. The maximum absolute atomic E-state index is 15.0. The molecule has 12 nitrogen and oxygen atoms in total. The van der Waals surface area contributed by atoms with Crippen LogP contribution < -0.4 is 21.3 Å². The highest BCUT2D eigenvalue weighted by molar-refractivity contribution is 6.16. The van der Waals surface area contributed by atoms with Crippen molar-refractivity contribution in [1.82, 2.24) is 21.3 Å². The van der Waals surface area contributed by atoms with E-state index in [0.717, 1.165) is 0 Å². The average Bonchev–Trinajstić information content (AvgIpc) is 3.17. The van der Waals surface area contributed by atoms with Gasteiger partial charge in [-0.15, -0.1) is 0 Å². The highest BCUT2D eigenvalue weighted by Crippen LogP contribution is 2.36. The number of hydrogen-bond acceptors (Lipinski definition) is 12. The van der Waals surface area contributed by atoms with Crippen LogP contribution in [-0.2, 0) is 18.9 Å². The zero-order valence-corrected chi connectivity index (χ0v) is 43.2. The number of carbonyl (C=O) groups excluding carboxylic acids is 4. The summed E-state index contributed by atoms with van der Waals surface area (Å²) in [6.45, 7) is 34.0. The van der Waals surface area contributed by atoms with Gasteiger partial charge in [0.1, 0.15) is 24.4 Å². The van der Waals surface area contributed by atoms with Gasteiger partial charge in [0.15, 0.2) is 0 Å². The summed E-state index contributed by atoms with van der Waals surface area (Å²) in [5.74, 6) is -1.46. The summed E-state index contributed by atoms with van der Waals surface area (Å²) in [5, 5.41) is 15.6. The summed E-state index contributed by atoms with van der Waals surface area (Å²) in [6.07, 6.45) is 3.07. The van der Waals surface area contributed by atoms with Crippen molar-refractivity contribution >= 4 is 34.6 Å². The Bertz CT molecular complexity index is 2060. The van der Waals surface area contributed by atoms with E-state index in [-0.39, 0.29) is 74.5 Å². The Hall–Kier alpha value is -3.58. The number of rotatable bonds is 12. The molecule has 0 aliphatic carbocycles. The maximum atomic E-state index is 15.0. The molecule has 4 N–H and O–H groups in total. The average molecular weight is 917 g/mol. The van der Waals surface area contributed by atoms with Crippen molar-refractivity contribution in [2.45, 2.75) is 233 Å². The number of benzene rings is 2. The van der Waals surface area contributed by atoms with Gasteiger partial charge in [-0.1, -0.05) is 61.5 Å². The van der Waals surface area contributed by atoms with Gasteiger partial charge in [0, 0.05) is 97.7 Å². The van der Waals surface area contributed by atoms with Crippen LogP contribution in [0.5, 0.6) is 0 Å². The van der Waals surface area contributed by atoms with Crippen molar-refractivity contribution in [3.05, 3.63) is 46.5 Å². The van der Waals surface area contributed by atoms with Crippen LogP contribution in [0.2, 0.25) is 0 Å². The van der Waals surface area contributed by atoms with E-state index in [0.29, 0.717) is 79.9 Å². The molecule has 4 aliphatic heterocycles. The largest absolute Gasteiger partial charge is 0.459 e. The molecule has 2 aromatic carbocycles. The minimum atomic E-state index is -0.691. The Morgan fingerprint density at radius 2 is 0.727 bits per heavy atom. The summed E-state index contributed by atoms with van der Waals surface area (Å²) in [5.41, 5.74) is -1.11. The Kier molecular flexibility index (Phi) is 15.5. The van der Waals surface area contributed by atoms with E-state index in [2.05, 4.69) is 132 Å². The molecule has 368 valence electrons. The number of nitrogens with one attached hydrogen (secondary N) is 4. The predicted molar refractivity (Wildman–Crippen MR) is 261 cm³/mol. The molecule has 66 heavy (non-hydrogen) atoms. The van der Waals surface area contributed by atoms with Crippen molar-refractivity contribution in [3.63, 3.8) is 0 Å². The monoisotopic (exact) mass is 917 g/mol. The van der Waals surface area contributed by atoms with Crippen LogP contribution in [0.3, 0.4) is 0 Å². The quantitative estimate of drug-likeness (QED) is 0.118. The molecule has 0 saturated carbocycles. The van der Waals surface area contributed by atoms with Gasteiger partial charge in [-0.2, -0.15) is 0 Å². The second-order valence-corrected chi connectivity index (χ2v) is 24.5. The topological polar surface area (TPSA) is 153 Å². The molecule has 0 aromatic heterocycles. The Morgan fingerprint density at radius 1 is 0.439 bits per heavy atom. The first-order valence-corrected chi connectivity index (χ1v) is 25.1. The van der Waals surface area contributed by atoms with E-state index in [1.54, 1.807) is 24.3 Å². The molecular formula is C54H84N4O8. The first-order valence-electron chi connectivity index (χ1n) is 25.1. The van der Waals surface area contributed by atoms with Gasteiger partial charge in [-0.25, -0.2) is 19.2 Å². The molecule has 4 fully saturated rings. The third-order valence-electron chi connectivity index (χ3n) is 14.7. The van der Waals surface area contributed by atoms with Crippen LogP contribution in [0.4, 0.5) is 0 Å². The van der Waals surface area contributed by atoms with Gasteiger partial charge in [-0.3, -0.25) is 0 Å². The van der Waals surface area contributed by atoms with E-state index >= 15 is 0 Å². The molecule has 0 radical (unpaired) electrons. The number of hydrogen-bond donors (Lipinski definition) is 4. The minimum Gasteiger partial charge on any atom is -0.459 e. The molecule has 6 rings (SSSR count). The SMILES string of the molecule is CC(C)C1CC(OC(=O)c2cc3ccc(C(=O)OC4CC(C(C)C)NC(C)(C)C4)c(C(=O)OC4CC(C(C)C)NC(C)(C)C4)c3cc2C(=O)OC2CC(C(C)C)NC(C)(C)C2)CC(C)(C)N1. The van der Waals surface area contributed by atoms with Gasteiger partial charge in [0.25, 0.3) is 0 Å². The Labute approximate surface area is 395 Å². The van der Waals surface area contributed by atoms with Crippen molar-refractivity contribution in [1.29, 1.82) is 0 Å². The molecule has 4 heterocycles. The first kappa shape index (κ1) is 51.8. The smallest absolute Gasteiger partial charge is 0.339 e. The number of piperidine rings is 4. The maximum Gasteiger partial charge on any atom is 0.339 e. The zero-order valence-electron chi connectivity index (χ0n) is 43.2. The van der Waals surface area contributed by atoms with Gasteiger partial charge in [0.05, 0.1) is 22.3 Å². The van der Waals surface area contributed by atoms with E-state index in [1.807, 2.05) is 0 Å². The molecule has 8 unspecified atom stereocenters. The van der Waals surface area contributed by atoms with Crippen LogP contribution in [-0.4, -0.2) is 94.6 Å². The van der Waals surface area contributed by atoms with Crippen LogP contribution >= 0.6 is 0 Å². The van der Waals surface area contributed by atoms with Crippen LogP contribution in [0, 0.1) is 23.7 Å². The summed E-state index contributed by atoms with van der Waals surface area (Å²) in [4.78, 5) is 59.1. The van der Waals surface area contributed by atoms with Gasteiger partial charge < -0.3 is 40.2 Å². The zero-order chi connectivity index (χ0) is 48.8. The predicted octanol–water partition coefficient (Wildman–Crippen LogP) is 9.69. The summed E-state index contributed by atoms with van der Waals surface area (Å²) in [7, 11) is 0. The van der Waals surface area contributed by atoms with Crippen molar-refractivity contribution in [2.24, 2.45) is 23.7 Å². The lowest BCUT2D eigenvalue weighted by Crippen LogP contribution is -2.56. The normalized spacial score (nSPS) is 29.5. The lowest BCUT2D eigenvalue weighted by Gasteiger charge is -2.43. The Morgan fingerprint density at radius 3 is 1.05 bits per heavy atom. The van der Waals surface area contributed by atoms with Crippen LogP contribution in [0.15, 0.2) is 24.3 Å². The fourth-order valence-electron chi connectivity index (χ4n) is 11.3. The fraction of sp³-hybridized carbons (Fsp3) is 0.741. The van der Waals surface area contributed by atoms with Crippen LogP contribution in [0.1, 0.15) is 204 Å². The standard InChI is InChI=1S/C54H84N4O8/c1-29(2)42-20-34(25-51(9,10)55-42)63-47(59)38-18-17-33-19-40(48(60)64-35-21-43(30(3)4)56-52(11,12)26-35)41(49(61)65-36-22-44(31(5)6)57-53(13,14)27-36)24-39(33)46(38)50(62)66-37-23-45(32(7)8)58-54(15,16)28-37/h17-19,24,29-32,34-37,42-45,55-58H,20-23,25-28H2,1-16H3. The molecule has 12 heteroatoms. The molecular weight excluding hydrogens is 833 g/mol. The summed E-state index contributed by atoms with van der Waals surface area (Å²) < 4.78 is 25.5. The molecule has 0 bridgehead atoms. The number of esters is 4. The van der Waals surface area contributed by atoms with Crippen molar-refractivity contribution in [3.8, 4) is 0 Å². The number of ether oxygens (including phenoxy) is 4. The molecule has 4 aliphatic rings. The molecule has 4 saturated heterocycles. The second-order valence-electron chi connectivity index (χ2n) is 24.5. The number of carbonyl (C=O) groups is 4. The third-order valence-corrected chi connectivity index (χ3v) is 14.7. The van der Waals surface area contributed by atoms with E-state index in [1.165, 1.54) is 0 Å².